The first-order chi connectivity index (χ1) is 8.88. The standard InChI is InChI=1S/C16H24N2/c1-2-13-7-10-18(11-8-13)16-5-3-4-14-6-9-17-12-15(14)16/h3-5,13,17H,2,6-12H2,1H3. The summed E-state index contributed by atoms with van der Waals surface area (Å²) in [5.41, 5.74) is 4.61. The van der Waals surface area contributed by atoms with Gasteiger partial charge < -0.3 is 10.2 Å². The lowest BCUT2D eigenvalue weighted by Crippen LogP contribution is -2.35. The summed E-state index contributed by atoms with van der Waals surface area (Å²) in [7, 11) is 0. The Morgan fingerprint density at radius 2 is 2.11 bits per heavy atom. The summed E-state index contributed by atoms with van der Waals surface area (Å²) in [4.78, 5) is 2.61. The van der Waals surface area contributed by atoms with Crippen molar-refractivity contribution >= 4 is 5.69 Å². The van der Waals surface area contributed by atoms with E-state index in [1.807, 2.05) is 0 Å². The maximum Gasteiger partial charge on any atom is 0.0414 e. The van der Waals surface area contributed by atoms with Gasteiger partial charge >= 0.3 is 0 Å². The van der Waals surface area contributed by atoms with Crippen LogP contribution in [0.1, 0.15) is 37.3 Å². The van der Waals surface area contributed by atoms with Crippen LogP contribution in [0.25, 0.3) is 0 Å². The zero-order chi connectivity index (χ0) is 12.4. The van der Waals surface area contributed by atoms with Gasteiger partial charge in [-0.3, -0.25) is 0 Å². The second kappa shape index (κ2) is 5.31. The molecule has 1 fully saturated rings. The summed E-state index contributed by atoms with van der Waals surface area (Å²) in [6, 6.07) is 6.86. The highest BCUT2D eigenvalue weighted by Gasteiger charge is 2.21. The zero-order valence-corrected chi connectivity index (χ0v) is 11.4. The largest absolute Gasteiger partial charge is 0.371 e. The van der Waals surface area contributed by atoms with Crippen molar-refractivity contribution in [3.05, 3.63) is 29.3 Å². The number of nitrogens with one attached hydrogen (secondary N) is 1. The predicted octanol–water partition coefficient (Wildman–Crippen LogP) is 2.96. The number of hydrogen-bond donors (Lipinski definition) is 1. The third-order valence-electron chi connectivity index (χ3n) is 4.65. The molecule has 1 N–H and O–H groups in total. The van der Waals surface area contributed by atoms with Gasteiger partial charge in [0.25, 0.3) is 0 Å². The molecule has 2 heteroatoms. The van der Waals surface area contributed by atoms with E-state index in [1.165, 1.54) is 44.5 Å². The average Bonchev–Trinajstić information content (AvgIpc) is 2.47. The van der Waals surface area contributed by atoms with Crippen molar-refractivity contribution in [3.8, 4) is 0 Å². The van der Waals surface area contributed by atoms with Crippen molar-refractivity contribution < 1.29 is 0 Å². The fourth-order valence-electron chi connectivity index (χ4n) is 3.37. The van der Waals surface area contributed by atoms with Crippen molar-refractivity contribution in [2.45, 2.75) is 39.2 Å². The molecular weight excluding hydrogens is 220 g/mol. The summed E-state index contributed by atoms with van der Waals surface area (Å²) in [6.07, 6.45) is 5.28. The number of hydrogen-bond acceptors (Lipinski definition) is 2. The third-order valence-corrected chi connectivity index (χ3v) is 4.65. The van der Waals surface area contributed by atoms with Crippen LogP contribution >= 0.6 is 0 Å². The Hall–Kier alpha value is -1.02. The van der Waals surface area contributed by atoms with E-state index in [2.05, 4.69) is 35.3 Å². The molecule has 0 radical (unpaired) electrons. The van der Waals surface area contributed by atoms with Crippen LogP contribution in [0.5, 0.6) is 0 Å². The quantitative estimate of drug-likeness (QED) is 0.860. The number of anilines is 1. The monoisotopic (exact) mass is 244 g/mol. The van der Waals surface area contributed by atoms with Crippen molar-refractivity contribution in [2.75, 3.05) is 24.5 Å². The van der Waals surface area contributed by atoms with Crippen molar-refractivity contribution in [2.24, 2.45) is 5.92 Å². The van der Waals surface area contributed by atoms with E-state index in [0.717, 1.165) is 19.0 Å². The fourth-order valence-corrected chi connectivity index (χ4v) is 3.37. The molecule has 2 heterocycles. The van der Waals surface area contributed by atoms with Crippen LogP contribution in [0.3, 0.4) is 0 Å². The van der Waals surface area contributed by atoms with Crippen LogP contribution in [0.15, 0.2) is 18.2 Å². The molecule has 1 aromatic carbocycles. The van der Waals surface area contributed by atoms with Crippen LogP contribution in [-0.2, 0) is 13.0 Å². The van der Waals surface area contributed by atoms with E-state index >= 15 is 0 Å². The van der Waals surface area contributed by atoms with Gasteiger partial charge in [-0.1, -0.05) is 25.5 Å². The molecule has 0 spiro atoms. The van der Waals surface area contributed by atoms with E-state index < -0.39 is 0 Å². The van der Waals surface area contributed by atoms with Gasteiger partial charge in [-0.25, -0.2) is 0 Å². The molecule has 0 bridgehead atoms. The predicted molar refractivity (Wildman–Crippen MR) is 77.1 cm³/mol. The molecule has 18 heavy (non-hydrogen) atoms. The van der Waals surface area contributed by atoms with Gasteiger partial charge in [0.15, 0.2) is 0 Å². The van der Waals surface area contributed by atoms with Crippen LogP contribution in [0.2, 0.25) is 0 Å². The molecule has 0 aromatic heterocycles. The Balaban J connectivity index is 1.80. The Morgan fingerprint density at radius 1 is 1.28 bits per heavy atom. The first-order valence-electron chi connectivity index (χ1n) is 7.45. The lowest BCUT2D eigenvalue weighted by Gasteiger charge is -2.35. The number of rotatable bonds is 2. The molecule has 98 valence electrons. The van der Waals surface area contributed by atoms with Crippen molar-refractivity contribution in [1.82, 2.24) is 5.32 Å². The van der Waals surface area contributed by atoms with E-state index in [9.17, 15) is 0 Å². The van der Waals surface area contributed by atoms with E-state index in [1.54, 1.807) is 11.1 Å². The first kappa shape index (κ1) is 12.0. The van der Waals surface area contributed by atoms with Crippen LogP contribution < -0.4 is 10.2 Å². The summed E-state index contributed by atoms with van der Waals surface area (Å²) >= 11 is 0. The Bertz CT molecular complexity index is 406. The Morgan fingerprint density at radius 3 is 2.89 bits per heavy atom. The van der Waals surface area contributed by atoms with Gasteiger partial charge in [0.05, 0.1) is 0 Å². The summed E-state index contributed by atoms with van der Waals surface area (Å²) in [5, 5.41) is 3.51. The zero-order valence-electron chi connectivity index (χ0n) is 11.4. The van der Waals surface area contributed by atoms with Gasteiger partial charge in [-0.15, -0.1) is 0 Å². The lowest BCUT2D eigenvalue weighted by atomic mass is 9.92. The molecule has 0 unspecified atom stereocenters. The normalized spacial score (nSPS) is 20.8. The third kappa shape index (κ3) is 2.26. The summed E-state index contributed by atoms with van der Waals surface area (Å²) < 4.78 is 0. The minimum Gasteiger partial charge on any atom is -0.371 e. The highest BCUT2D eigenvalue weighted by atomic mass is 15.1. The van der Waals surface area contributed by atoms with Gasteiger partial charge in [0.2, 0.25) is 0 Å². The molecule has 0 saturated carbocycles. The SMILES string of the molecule is CCC1CCN(c2cccc3c2CNCC3)CC1. The molecule has 2 aliphatic heterocycles. The average molecular weight is 244 g/mol. The van der Waals surface area contributed by atoms with E-state index in [-0.39, 0.29) is 0 Å². The Labute approximate surface area is 110 Å². The number of nitrogens with zero attached hydrogens (tertiary/aromatic N) is 1. The van der Waals surface area contributed by atoms with Crippen LogP contribution in [0.4, 0.5) is 5.69 Å². The second-order valence-corrected chi connectivity index (χ2v) is 5.68. The molecule has 3 rings (SSSR count). The Kier molecular flexibility index (Phi) is 3.55. The molecule has 1 aromatic rings. The maximum atomic E-state index is 3.51. The number of benzene rings is 1. The van der Waals surface area contributed by atoms with Crippen molar-refractivity contribution in [1.29, 1.82) is 0 Å². The minimum absolute atomic E-state index is 0.957. The van der Waals surface area contributed by atoms with Gasteiger partial charge in [0.1, 0.15) is 0 Å². The smallest absolute Gasteiger partial charge is 0.0414 e. The van der Waals surface area contributed by atoms with Gasteiger partial charge in [0, 0.05) is 25.3 Å². The first-order valence-corrected chi connectivity index (χ1v) is 7.45. The van der Waals surface area contributed by atoms with Gasteiger partial charge in [-0.05, 0) is 48.9 Å². The minimum atomic E-state index is 0.957. The second-order valence-electron chi connectivity index (χ2n) is 5.68. The van der Waals surface area contributed by atoms with Crippen LogP contribution in [0, 0.1) is 5.92 Å². The molecule has 1 saturated heterocycles. The molecule has 0 atom stereocenters. The lowest BCUT2D eigenvalue weighted by molar-refractivity contribution is 0.394. The van der Waals surface area contributed by atoms with Crippen LogP contribution in [-0.4, -0.2) is 19.6 Å². The summed E-state index contributed by atoms with van der Waals surface area (Å²) in [6.45, 7) is 7.01. The summed E-state index contributed by atoms with van der Waals surface area (Å²) in [5.74, 6) is 0.957. The molecule has 0 aliphatic carbocycles. The number of fused-ring (bicyclic) bond motifs is 1. The maximum absolute atomic E-state index is 3.51. The highest BCUT2D eigenvalue weighted by Crippen LogP contribution is 2.30. The van der Waals surface area contributed by atoms with E-state index in [4.69, 9.17) is 0 Å². The van der Waals surface area contributed by atoms with Crippen molar-refractivity contribution in [3.63, 3.8) is 0 Å². The fraction of sp³-hybridized carbons (Fsp3) is 0.625. The molecular formula is C16H24N2. The molecule has 0 amide bonds. The van der Waals surface area contributed by atoms with Gasteiger partial charge in [-0.2, -0.15) is 0 Å². The topological polar surface area (TPSA) is 15.3 Å². The molecule has 2 aliphatic rings. The number of piperidine rings is 1. The van der Waals surface area contributed by atoms with E-state index in [0.29, 0.717) is 0 Å². The molecule has 2 nitrogen and oxygen atoms in total. The highest BCUT2D eigenvalue weighted by molar-refractivity contribution is 5.57.